The summed E-state index contributed by atoms with van der Waals surface area (Å²) in [6, 6.07) is 0.192. The van der Waals surface area contributed by atoms with Gasteiger partial charge in [0.05, 0.1) is 5.92 Å². The maximum Gasteiger partial charge on any atom is 0.308 e. The van der Waals surface area contributed by atoms with Gasteiger partial charge in [-0.1, -0.05) is 13.8 Å². The largest absolute Gasteiger partial charge is 0.464 e. The second-order valence-corrected chi connectivity index (χ2v) is 5.08. The number of rotatable bonds is 4. The van der Waals surface area contributed by atoms with Crippen molar-refractivity contribution in [2.75, 3.05) is 6.61 Å². The number of ether oxygens (including phenoxy) is 1. The molecular formula is C11H23NO2. The van der Waals surface area contributed by atoms with E-state index in [4.69, 9.17) is 4.74 Å². The Bertz CT molecular complexity index is 182. The first-order valence-electron chi connectivity index (χ1n) is 5.16. The zero-order chi connectivity index (χ0) is 11.4. The molecule has 84 valence electrons. The van der Waals surface area contributed by atoms with E-state index in [2.05, 4.69) is 26.1 Å². The van der Waals surface area contributed by atoms with Crippen LogP contribution in [0.1, 0.15) is 41.5 Å². The lowest BCUT2D eigenvalue weighted by Crippen LogP contribution is -2.44. The summed E-state index contributed by atoms with van der Waals surface area (Å²) < 4.78 is 5.11. The van der Waals surface area contributed by atoms with E-state index in [1.54, 1.807) is 0 Å². The van der Waals surface area contributed by atoms with Crippen LogP contribution in [0.25, 0.3) is 0 Å². The minimum atomic E-state index is -0.132. The van der Waals surface area contributed by atoms with Crippen LogP contribution in [-0.2, 0) is 9.53 Å². The van der Waals surface area contributed by atoms with Crippen molar-refractivity contribution in [3.63, 3.8) is 0 Å². The molecule has 3 heteroatoms. The zero-order valence-corrected chi connectivity index (χ0v) is 10.2. The summed E-state index contributed by atoms with van der Waals surface area (Å²) in [5, 5.41) is 3.34. The van der Waals surface area contributed by atoms with E-state index in [-0.39, 0.29) is 23.5 Å². The van der Waals surface area contributed by atoms with Gasteiger partial charge < -0.3 is 10.1 Å². The first kappa shape index (κ1) is 13.4. The normalized spacial score (nSPS) is 14.2. The molecule has 0 saturated carbocycles. The highest BCUT2D eigenvalue weighted by molar-refractivity contribution is 5.71. The fraction of sp³-hybridized carbons (Fsp3) is 0.909. The van der Waals surface area contributed by atoms with E-state index in [1.807, 2.05) is 20.8 Å². The summed E-state index contributed by atoms with van der Waals surface area (Å²) in [5.74, 6) is -0.176. The second kappa shape index (κ2) is 5.35. The van der Waals surface area contributed by atoms with E-state index in [1.165, 1.54) is 0 Å². The number of nitrogens with one attached hydrogen (secondary N) is 1. The molecule has 0 aromatic rings. The monoisotopic (exact) mass is 201 g/mol. The first-order valence-corrected chi connectivity index (χ1v) is 5.16. The predicted molar refractivity (Wildman–Crippen MR) is 58.1 cm³/mol. The molecule has 0 radical (unpaired) electrons. The Morgan fingerprint density at radius 2 is 1.79 bits per heavy atom. The zero-order valence-electron chi connectivity index (χ0n) is 10.2. The van der Waals surface area contributed by atoms with Crippen molar-refractivity contribution in [1.82, 2.24) is 5.32 Å². The molecule has 0 spiro atoms. The van der Waals surface area contributed by atoms with Gasteiger partial charge in [-0.25, -0.2) is 0 Å². The minimum Gasteiger partial charge on any atom is -0.464 e. The van der Waals surface area contributed by atoms with Gasteiger partial charge in [-0.3, -0.25) is 4.79 Å². The van der Waals surface area contributed by atoms with Crippen LogP contribution in [0.15, 0.2) is 0 Å². The van der Waals surface area contributed by atoms with Crippen LogP contribution in [0.5, 0.6) is 0 Å². The molecule has 14 heavy (non-hydrogen) atoms. The standard InChI is InChI=1S/C11H23NO2/c1-8(2)10(13)14-7-9(3)12-11(4,5)6/h8-9,12H,7H2,1-6H3/t9-/m1/s1. The number of hydrogen-bond acceptors (Lipinski definition) is 3. The van der Waals surface area contributed by atoms with E-state index in [0.29, 0.717) is 6.61 Å². The van der Waals surface area contributed by atoms with E-state index in [0.717, 1.165) is 0 Å². The maximum atomic E-state index is 11.2. The van der Waals surface area contributed by atoms with Gasteiger partial charge >= 0.3 is 5.97 Å². The molecule has 0 fully saturated rings. The van der Waals surface area contributed by atoms with Gasteiger partial charge in [0.1, 0.15) is 6.61 Å². The van der Waals surface area contributed by atoms with Crippen molar-refractivity contribution in [1.29, 1.82) is 0 Å². The molecule has 0 saturated heterocycles. The molecule has 0 aromatic heterocycles. The van der Waals surface area contributed by atoms with E-state index < -0.39 is 0 Å². The molecular weight excluding hydrogens is 178 g/mol. The SMILES string of the molecule is CC(C)C(=O)OC[C@@H](C)NC(C)(C)C. The third-order valence-electron chi connectivity index (χ3n) is 1.63. The molecule has 0 amide bonds. The lowest BCUT2D eigenvalue weighted by Gasteiger charge is -2.25. The van der Waals surface area contributed by atoms with Crippen LogP contribution in [0.4, 0.5) is 0 Å². The topological polar surface area (TPSA) is 38.3 Å². The fourth-order valence-electron chi connectivity index (χ4n) is 1.15. The molecule has 0 aliphatic carbocycles. The van der Waals surface area contributed by atoms with Gasteiger partial charge in [-0.05, 0) is 27.7 Å². The van der Waals surface area contributed by atoms with Gasteiger partial charge in [0.25, 0.3) is 0 Å². The smallest absolute Gasteiger partial charge is 0.308 e. The Balaban J connectivity index is 3.75. The average molecular weight is 201 g/mol. The molecule has 0 unspecified atom stereocenters. The van der Waals surface area contributed by atoms with Gasteiger partial charge in [0, 0.05) is 11.6 Å². The van der Waals surface area contributed by atoms with Crippen molar-refractivity contribution in [3.05, 3.63) is 0 Å². The fourth-order valence-corrected chi connectivity index (χ4v) is 1.15. The average Bonchev–Trinajstić information content (AvgIpc) is 1.96. The molecule has 0 bridgehead atoms. The maximum absolute atomic E-state index is 11.2. The Kier molecular flexibility index (Phi) is 5.13. The molecule has 0 rings (SSSR count). The highest BCUT2D eigenvalue weighted by atomic mass is 16.5. The minimum absolute atomic E-state index is 0.0446. The van der Waals surface area contributed by atoms with E-state index in [9.17, 15) is 4.79 Å². The Morgan fingerprint density at radius 3 is 2.14 bits per heavy atom. The molecule has 3 nitrogen and oxygen atoms in total. The summed E-state index contributed by atoms with van der Waals surface area (Å²) in [4.78, 5) is 11.2. The summed E-state index contributed by atoms with van der Waals surface area (Å²) in [6.07, 6.45) is 0. The van der Waals surface area contributed by atoms with Gasteiger partial charge in [-0.2, -0.15) is 0 Å². The molecule has 1 atom stereocenters. The Morgan fingerprint density at radius 1 is 1.29 bits per heavy atom. The number of carbonyl (C=O) groups excluding carboxylic acids is 1. The Hall–Kier alpha value is -0.570. The van der Waals surface area contributed by atoms with Gasteiger partial charge in [-0.15, -0.1) is 0 Å². The second-order valence-electron chi connectivity index (χ2n) is 5.08. The summed E-state index contributed by atoms with van der Waals surface area (Å²) >= 11 is 0. The third kappa shape index (κ3) is 6.89. The van der Waals surface area contributed by atoms with Crippen LogP contribution in [0.2, 0.25) is 0 Å². The van der Waals surface area contributed by atoms with Crippen molar-refractivity contribution in [3.8, 4) is 0 Å². The third-order valence-corrected chi connectivity index (χ3v) is 1.63. The van der Waals surface area contributed by atoms with Crippen LogP contribution < -0.4 is 5.32 Å². The molecule has 0 aliphatic heterocycles. The van der Waals surface area contributed by atoms with Crippen molar-refractivity contribution >= 4 is 5.97 Å². The predicted octanol–water partition coefficient (Wildman–Crippen LogP) is 1.96. The van der Waals surface area contributed by atoms with E-state index >= 15 is 0 Å². The highest BCUT2D eigenvalue weighted by Crippen LogP contribution is 2.02. The molecule has 0 aliphatic rings. The summed E-state index contributed by atoms with van der Waals surface area (Å²) in [5.41, 5.74) is 0.0592. The molecule has 0 aromatic carbocycles. The van der Waals surface area contributed by atoms with Crippen molar-refractivity contribution in [2.45, 2.75) is 53.1 Å². The number of hydrogen-bond donors (Lipinski definition) is 1. The quantitative estimate of drug-likeness (QED) is 0.707. The van der Waals surface area contributed by atoms with Crippen LogP contribution in [0.3, 0.4) is 0 Å². The first-order chi connectivity index (χ1) is 6.22. The van der Waals surface area contributed by atoms with Gasteiger partial charge in [0.2, 0.25) is 0 Å². The number of carbonyl (C=O) groups is 1. The van der Waals surface area contributed by atoms with Crippen LogP contribution in [-0.4, -0.2) is 24.2 Å². The number of esters is 1. The lowest BCUT2D eigenvalue weighted by molar-refractivity contribution is -0.148. The molecule has 1 N–H and O–H groups in total. The lowest BCUT2D eigenvalue weighted by atomic mass is 10.1. The highest BCUT2D eigenvalue weighted by Gasteiger charge is 2.15. The molecule has 0 heterocycles. The van der Waals surface area contributed by atoms with Crippen molar-refractivity contribution < 1.29 is 9.53 Å². The van der Waals surface area contributed by atoms with Crippen molar-refractivity contribution in [2.24, 2.45) is 5.92 Å². The summed E-state index contributed by atoms with van der Waals surface area (Å²) in [6.45, 7) is 12.4. The van der Waals surface area contributed by atoms with Crippen LogP contribution >= 0.6 is 0 Å². The Labute approximate surface area is 87.2 Å². The van der Waals surface area contributed by atoms with Crippen LogP contribution in [0, 0.1) is 5.92 Å². The van der Waals surface area contributed by atoms with Gasteiger partial charge in [0.15, 0.2) is 0 Å². The summed E-state index contributed by atoms with van der Waals surface area (Å²) in [7, 11) is 0.